The van der Waals surface area contributed by atoms with Gasteiger partial charge in [-0.3, -0.25) is 0 Å². The van der Waals surface area contributed by atoms with Crippen LogP contribution in [0.3, 0.4) is 0 Å². The molecule has 0 radical (unpaired) electrons. The Bertz CT molecular complexity index is 265. The molecule has 86 valence electrons. The van der Waals surface area contributed by atoms with Gasteiger partial charge in [0.1, 0.15) is 0 Å². The van der Waals surface area contributed by atoms with Gasteiger partial charge in [-0.2, -0.15) is 0 Å². The molecule has 0 nitrogen and oxygen atoms in total. The van der Waals surface area contributed by atoms with Gasteiger partial charge in [-0.05, 0) is 0 Å². The average Bonchev–Trinajstić information content (AvgIpc) is 2.10. The molecule has 0 aromatic carbocycles. The van der Waals surface area contributed by atoms with E-state index < -0.39 is 18.4 Å². The molecule has 0 heterocycles. The van der Waals surface area contributed by atoms with Crippen LogP contribution < -0.4 is 0 Å². The molecule has 0 aliphatic heterocycles. The van der Waals surface area contributed by atoms with E-state index in [-0.39, 0.29) is 0 Å². The van der Waals surface area contributed by atoms with Crippen LogP contribution in [0.1, 0.15) is 32.1 Å². The van der Waals surface area contributed by atoms with Gasteiger partial charge in [0.25, 0.3) is 0 Å². The summed E-state index contributed by atoms with van der Waals surface area (Å²) in [5.41, 5.74) is 0. The van der Waals surface area contributed by atoms with Crippen molar-refractivity contribution in [2.45, 2.75) is 55.2 Å². The van der Waals surface area contributed by atoms with Crippen molar-refractivity contribution >= 4 is 34.3 Å². The fourth-order valence-corrected chi connectivity index (χ4v) is 13.3. The first-order valence-corrected chi connectivity index (χ1v) is 17.5. The van der Waals surface area contributed by atoms with Crippen LogP contribution in [0.4, 0.5) is 0 Å². The van der Waals surface area contributed by atoms with E-state index in [0.29, 0.717) is 0 Å². The molecule has 0 aromatic rings. The Balaban J connectivity index is 1.96. The van der Waals surface area contributed by atoms with Crippen LogP contribution in [0.15, 0.2) is 0 Å². The summed E-state index contributed by atoms with van der Waals surface area (Å²) in [6.07, 6.45) is 7.91. The van der Waals surface area contributed by atoms with Crippen molar-refractivity contribution in [2.75, 3.05) is 0 Å². The average molecular weight is 378 g/mol. The summed E-state index contributed by atoms with van der Waals surface area (Å²) >= 11 is 2.28. The first kappa shape index (κ1) is 11.4. The SMILES string of the molecule is [CH3][Sn]([CH3])([CH3])[C]12CC3CC(C1)C(Br)C(C3)C2. The van der Waals surface area contributed by atoms with Crippen molar-refractivity contribution in [3.05, 3.63) is 0 Å². The standard InChI is InChI=1S/C10H14Br.3CH3.Sn/c11-10-8-2-6-1-7(4-8)5-9(10)3-6;;;;/h6,8-10H,1-5H2;3*1H3;. The van der Waals surface area contributed by atoms with Gasteiger partial charge in [-0.1, -0.05) is 0 Å². The normalized spacial score (nSPS) is 53.6. The van der Waals surface area contributed by atoms with E-state index in [0.717, 1.165) is 26.0 Å². The zero-order valence-corrected chi connectivity index (χ0v) is 14.7. The van der Waals surface area contributed by atoms with Crippen LogP contribution in [-0.2, 0) is 0 Å². The molecule has 4 aliphatic carbocycles. The van der Waals surface area contributed by atoms with Gasteiger partial charge in [0.15, 0.2) is 0 Å². The van der Waals surface area contributed by atoms with Gasteiger partial charge in [0, 0.05) is 0 Å². The second-order valence-electron chi connectivity index (χ2n) is 7.44. The van der Waals surface area contributed by atoms with Gasteiger partial charge in [-0.15, -0.1) is 0 Å². The molecule has 2 heteroatoms. The Morgan fingerprint density at radius 1 is 1.00 bits per heavy atom. The van der Waals surface area contributed by atoms with Gasteiger partial charge < -0.3 is 0 Å². The van der Waals surface area contributed by atoms with E-state index >= 15 is 0 Å². The Labute approximate surface area is 107 Å². The zero-order valence-electron chi connectivity index (χ0n) is 10.2. The van der Waals surface area contributed by atoms with Crippen molar-refractivity contribution in [3.63, 3.8) is 0 Å². The van der Waals surface area contributed by atoms with Gasteiger partial charge >= 0.3 is 107 Å². The molecule has 4 aliphatic rings. The zero-order chi connectivity index (χ0) is 10.8. The van der Waals surface area contributed by atoms with Crippen molar-refractivity contribution in [1.29, 1.82) is 0 Å². The number of rotatable bonds is 1. The van der Waals surface area contributed by atoms with E-state index in [1.807, 2.05) is 0 Å². The van der Waals surface area contributed by atoms with Crippen LogP contribution in [0, 0.1) is 17.8 Å². The Hall–Kier alpha value is 1.28. The van der Waals surface area contributed by atoms with E-state index in [1.54, 1.807) is 32.1 Å². The quantitative estimate of drug-likeness (QED) is 0.460. The van der Waals surface area contributed by atoms with Crippen LogP contribution in [0.2, 0.25) is 18.2 Å². The Kier molecular flexibility index (Phi) is 2.58. The van der Waals surface area contributed by atoms with E-state index in [1.165, 1.54) is 0 Å². The van der Waals surface area contributed by atoms with Crippen LogP contribution >= 0.6 is 15.9 Å². The molecule has 0 N–H and O–H groups in total. The summed E-state index contributed by atoms with van der Waals surface area (Å²) in [6.45, 7) is 0. The second-order valence-corrected chi connectivity index (χ2v) is 24.4. The predicted molar refractivity (Wildman–Crippen MR) is 72.3 cm³/mol. The molecule has 0 amide bonds. The maximum atomic E-state index is 3.99. The molecule has 4 saturated carbocycles. The minimum atomic E-state index is -1.72. The van der Waals surface area contributed by atoms with Crippen molar-refractivity contribution < 1.29 is 0 Å². The van der Waals surface area contributed by atoms with Gasteiger partial charge in [-0.25, -0.2) is 0 Å². The fourth-order valence-electron chi connectivity index (χ4n) is 4.88. The third-order valence-corrected chi connectivity index (χ3v) is 18.1. The van der Waals surface area contributed by atoms with Crippen LogP contribution in [0.25, 0.3) is 0 Å². The van der Waals surface area contributed by atoms with E-state index in [4.69, 9.17) is 0 Å². The van der Waals surface area contributed by atoms with Crippen molar-refractivity contribution in [1.82, 2.24) is 0 Å². The first-order chi connectivity index (χ1) is 6.91. The molecule has 2 unspecified atom stereocenters. The summed E-state index contributed by atoms with van der Waals surface area (Å²) in [7, 11) is 0. The molecule has 2 atom stereocenters. The summed E-state index contributed by atoms with van der Waals surface area (Å²) < 4.78 is 0.898. The molecule has 15 heavy (non-hydrogen) atoms. The molecule has 4 rings (SSSR count). The van der Waals surface area contributed by atoms with Crippen molar-refractivity contribution in [2.24, 2.45) is 17.8 Å². The first-order valence-electron chi connectivity index (χ1n) is 6.55. The topological polar surface area (TPSA) is 0 Å². The monoisotopic (exact) mass is 378 g/mol. The Morgan fingerprint density at radius 2 is 1.53 bits per heavy atom. The summed E-state index contributed by atoms with van der Waals surface area (Å²) in [6, 6.07) is 0. The molecular formula is C13H23BrSn. The minimum absolute atomic E-state index is 0.885. The number of hydrogen-bond donors (Lipinski definition) is 0. The fraction of sp³-hybridized carbons (Fsp3) is 1.00. The van der Waals surface area contributed by atoms with Gasteiger partial charge in [0.05, 0.1) is 0 Å². The maximum absolute atomic E-state index is 3.99. The predicted octanol–water partition coefficient (Wildman–Crippen LogP) is 4.67. The Morgan fingerprint density at radius 3 is 2.00 bits per heavy atom. The summed E-state index contributed by atoms with van der Waals surface area (Å²) in [5, 5.41) is 0. The van der Waals surface area contributed by atoms with Crippen molar-refractivity contribution in [3.8, 4) is 0 Å². The number of hydrogen-bond acceptors (Lipinski definition) is 0. The summed E-state index contributed by atoms with van der Waals surface area (Å²) in [5.74, 6) is 3.21. The van der Waals surface area contributed by atoms with E-state index in [9.17, 15) is 0 Å². The van der Waals surface area contributed by atoms with Crippen LogP contribution in [-0.4, -0.2) is 23.2 Å². The number of alkyl halides is 1. The van der Waals surface area contributed by atoms with E-state index in [2.05, 4.69) is 30.7 Å². The molecule has 0 spiro atoms. The second kappa shape index (κ2) is 3.40. The number of halogens is 1. The third-order valence-electron chi connectivity index (χ3n) is 5.75. The third kappa shape index (κ3) is 1.58. The molecule has 0 aromatic heterocycles. The summed E-state index contributed by atoms with van der Waals surface area (Å²) in [4.78, 5) is 8.94. The molecule has 0 saturated heterocycles. The van der Waals surface area contributed by atoms with Gasteiger partial charge in [0.2, 0.25) is 0 Å². The molecular weight excluding hydrogens is 355 g/mol. The van der Waals surface area contributed by atoms with Crippen LogP contribution in [0.5, 0.6) is 0 Å². The molecule has 4 bridgehead atoms. The molecule has 4 fully saturated rings.